The van der Waals surface area contributed by atoms with Gasteiger partial charge in [-0.1, -0.05) is 0 Å². The molecule has 0 aromatic heterocycles. The Morgan fingerprint density at radius 3 is 2.24 bits per heavy atom. The van der Waals surface area contributed by atoms with E-state index in [2.05, 4.69) is 0 Å². The van der Waals surface area contributed by atoms with E-state index in [-0.39, 0.29) is 11.3 Å². The summed E-state index contributed by atoms with van der Waals surface area (Å²) >= 11 is 0. The van der Waals surface area contributed by atoms with E-state index in [1.54, 1.807) is 0 Å². The van der Waals surface area contributed by atoms with Crippen LogP contribution in [0.25, 0.3) is 0 Å². The zero-order valence-electron chi connectivity index (χ0n) is 11.2. The predicted molar refractivity (Wildman–Crippen MR) is 73.9 cm³/mol. The molecule has 2 N–H and O–H groups in total. The summed E-state index contributed by atoms with van der Waals surface area (Å²) in [6, 6.07) is 1.77. The van der Waals surface area contributed by atoms with Crippen LogP contribution in [-0.4, -0.2) is 33.7 Å². The van der Waals surface area contributed by atoms with Crippen molar-refractivity contribution in [2.24, 2.45) is 0 Å². The Morgan fingerprint density at radius 2 is 1.71 bits per heavy atom. The highest BCUT2D eigenvalue weighted by atomic mass is 16.6. The molecule has 1 aromatic carbocycles. The molecule has 0 aliphatic carbocycles. The van der Waals surface area contributed by atoms with Crippen molar-refractivity contribution in [1.29, 1.82) is 0 Å². The molecule has 0 saturated carbocycles. The van der Waals surface area contributed by atoms with Crippen molar-refractivity contribution in [3.8, 4) is 0 Å². The normalized spacial score (nSPS) is 14.8. The average Bonchev–Trinajstić information content (AvgIpc) is 2.47. The Labute approximate surface area is 119 Å². The third-order valence-electron chi connectivity index (χ3n) is 3.42. The quantitative estimate of drug-likeness (QED) is 0.512. The molecular formula is C12H14N4O5. The standard InChI is InChI=1S/C12H14N4O5/c13-11-9(12(17)14-4-2-1-3-5-14)6-8(15(18)19)7-10(11)16(20)21/h6-7H,1-5,13H2. The minimum Gasteiger partial charge on any atom is -0.392 e. The second kappa shape index (κ2) is 5.73. The number of nitrogens with two attached hydrogens (primary N) is 1. The highest BCUT2D eigenvalue weighted by Crippen LogP contribution is 2.32. The number of rotatable bonds is 3. The molecule has 9 heteroatoms. The van der Waals surface area contributed by atoms with Crippen LogP contribution in [0.3, 0.4) is 0 Å². The predicted octanol–water partition coefficient (Wildman–Crippen LogP) is 1.71. The number of likely N-dealkylation sites (tertiary alicyclic amines) is 1. The number of benzene rings is 1. The van der Waals surface area contributed by atoms with Crippen LogP contribution >= 0.6 is 0 Å². The van der Waals surface area contributed by atoms with Crippen LogP contribution in [0.2, 0.25) is 0 Å². The van der Waals surface area contributed by atoms with Crippen LogP contribution in [0.5, 0.6) is 0 Å². The number of anilines is 1. The number of amides is 1. The molecular weight excluding hydrogens is 280 g/mol. The molecule has 2 rings (SSSR count). The number of nitro benzene ring substituents is 2. The van der Waals surface area contributed by atoms with Gasteiger partial charge in [-0.3, -0.25) is 25.0 Å². The SMILES string of the molecule is Nc1c(C(=O)N2CCCCC2)cc([N+](=O)[O-])cc1[N+](=O)[O-]. The monoisotopic (exact) mass is 294 g/mol. The molecule has 0 bridgehead atoms. The van der Waals surface area contributed by atoms with Gasteiger partial charge in [-0.2, -0.15) is 0 Å². The molecule has 1 aliphatic rings. The van der Waals surface area contributed by atoms with Crippen LogP contribution < -0.4 is 5.73 Å². The first-order chi connectivity index (χ1) is 9.91. The van der Waals surface area contributed by atoms with Gasteiger partial charge >= 0.3 is 0 Å². The van der Waals surface area contributed by atoms with Gasteiger partial charge in [0.1, 0.15) is 5.69 Å². The van der Waals surface area contributed by atoms with Crippen molar-refractivity contribution in [3.05, 3.63) is 37.9 Å². The van der Waals surface area contributed by atoms with E-state index >= 15 is 0 Å². The summed E-state index contributed by atoms with van der Waals surface area (Å²) in [5, 5.41) is 21.8. The first kappa shape index (κ1) is 14.7. The van der Waals surface area contributed by atoms with Gasteiger partial charge < -0.3 is 10.6 Å². The molecule has 0 unspecified atom stereocenters. The van der Waals surface area contributed by atoms with Gasteiger partial charge in [0.2, 0.25) is 0 Å². The third kappa shape index (κ3) is 2.91. The van der Waals surface area contributed by atoms with Gasteiger partial charge in [-0.05, 0) is 19.3 Å². The van der Waals surface area contributed by atoms with Crippen LogP contribution in [-0.2, 0) is 0 Å². The molecule has 1 saturated heterocycles. The fourth-order valence-corrected chi connectivity index (χ4v) is 2.32. The molecule has 0 atom stereocenters. The van der Waals surface area contributed by atoms with Crippen molar-refractivity contribution < 1.29 is 14.6 Å². The van der Waals surface area contributed by atoms with Crippen molar-refractivity contribution in [1.82, 2.24) is 4.90 Å². The Kier molecular flexibility index (Phi) is 4.01. The number of piperidine rings is 1. The largest absolute Gasteiger partial charge is 0.392 e. The van der Waals surface area contributed by atoms with Gasteiger partial charge in [0, 0.05) is 19.2 Å². The summed E-state index contributed by atoms with van der Waals surface area (Å²) < 4.78 is 0. The molecule has 0 radical (unpaired) electrons. The number of carbonyl (C=O) groups is 1. The maximum atomic E-state index is 12.4. The van der Waals surface area contributed by atoms with Gasteiger partial charge in [0.15, 0.2) is 0 Å². The second-order valence-corrected chi connectivity index (χ2v) is 4.79. The maximum absolute atomic E-state index is 12.4. The first-order valence-electron chi connectivity index (χ1n) is 6.43. The van der Waals surface area contributed by atoms with E-state index in [1.807, 2.05) is 0 Å². The summed E-state index contributed by atoms with van der Waals surface area (Å²) in [5.41, 5.74) is 4.00. The lowest BCUT2D eigenvalue weighted by atomic mass is 10.1. The fraction of sp³-hybridized carbons (Fsp3) is 0.417. The van der Waals surface area contributed by atoms with Crippen molar-refractivity contribution in [2.45, 2.75) is 19.3 Å². The third-order valence-corrected chi connectivity index (χ3v) is 3.42. The molecule has 1 fully saturated rings. The zero-order valence-corrected chi connectivity index (χ0v) is 11.2. The molecule has 1 aromatic rings. The Bertz CT molecular complexity index is 610. The number of nitrogen functional groups attached to an aromatic ring is 1. The smallest absolute Gasteiger partial charge is 0.299 e. The summed E-state index contributed by atoms with van der Waals surface area (Å²) in [5.74, 6) is -0.501. The molecule has 21 heavy (non-hydrogen) atoms. The molecule has 9 nitrogen and oxygen atoms in total. The summed E-state index contributed by atoms with van der Waals surface area (Å²) in [6.45, 7) is 1.05. The van der Waals surface area contributed by atoms with Gasteiger partial charge in [0.25, 0.3) is 17.3 Å². The van der Waals surface area contributed by atoms with E-state index in [0.29, 0.717) is 13.1 Å². The lowest BCUT2D eigenvalue weighted by molar-refractivity contribution is -0.393. The number of nitro groups is 2. The van der Waals surface area contributed by atoms with Gasteiger partial charge in [-0.15, -0.1) is 0 Å². The molecule has 1 aliphatic heterocycles. The van der Waals surface area contributed by atoms with E-state index < -0.39 is 27.1 Å². The van der Waals surface area contributed by atoms with Crippen molar-refractivity contribution >= 4 is 23.0 Å². The topological polar surface area (TPSA) is 133 Å². The Morgan fingerprint density at radius 1 is 1.10 bits per heavy atom. The maximum Gasteiger partial charge on any atom is 0.299 e. The second-order valence-electron chi connectivity index (χ2n) is 4.79. The Balaban J connectivity index is 2.48. The molecule has 0 spiro atoms. The number of hydrogen-bond donors (Lipinski definition) is 1. The molecule has 1 amide bonds. The molecule has 1 heterocycles. The summed E-state index contributed by atoms with van der Waals surface area (Å²) in [7, 11) is 0. The van der Waals surface area contributed by atoms with Crippen molar-refractivity contribution in [2.75, 3.05) is 18.8 Å². The minimum atomic E-state index is -0.824. The fourth-order valence-electron chi connectivity index (χ4n) is 2.32. The van der Waals surface area contributed by atoms with E-state index in [1.165, 1.54) is 4.90 Å². The summed E-state index contributed by atoms with van der Waals surface area (Å²) in [4.78, 5) is 34.1. The van der Waals surface area contributed by atoms with Crippen molar-refractivity contribution in [3.63, 3.8) is 0 Å². The lowest BCUT2D eigenvalue weighted by Crippen LogP contribution is -2.36. The average molecular weight is 294 g/mol. The zero-order chi connectivity index (χ0) is 15.6. The van der Waals surface area contributed by atoms with Gasteiger partial charge in [0.05, 0.1) is 21.5 Å². The van der Waals surface area contributed by atoms with Crippen LogP contribution in [0, 0.1) is 20.2 Å². The van der Waals surface area contributed by atoms with Gasteiger partial charge in [-0.25, -0.2) is 0 Å². The Hall–Kier alpha value is -2.71. The van der Waals surface area contributed by atoms with E-state index in [0.717, 1.165) is 31.4 Å². The highest BCUT2D eigenvalue weighted by molar-refractivity contribution is 6.02. The number of non-ortho nitro benzene ring substituents is 1. The van der Waals surface area contributed by atoms with Crippen LogP contribution in [0.1, 0.15) is 29.6 Å². The number of nitrogens with zero attached hydrogens (tertiary/aromatic N) is 3. The minimum absolute atomic E-state index is 0.183. The van der Waals surface area contributed by atoms with Crippen LogP contribution in [0.4, 0.5) is 17.1 Å². The number of carbonyl (C=O) groups excluding carboxylic acids is 1. The highest BCUT2D eigenvalue weighted by Gasteiger charge is 2.28. The van der Waals surface area contributed by atoms with E-state index in [4.69, 9.17) is 5.73 Å². The summed E-state index contributed by atoms with van der Waals surface area (Å²) in [6.07, 6.45) is 2.68. The number of hydrogen-bond acceptors (Lipinski definition) is 6. The van der Waals surface area contributed by atoms with Crippen LogP contribution in [0.15, 0.2) is 12.1 Å². The first-order valence-corrected chi connectivity index (χ1v) is 6.43. The lowest BCUT2D eigenvalue weighted by Gasteiger charge is -2.27. The molecule has 112 valence electrons. The van der Waals surface area contributed by atoms with E-state index in [9.17, 15) is 25.0 Å².